The van der Waals surface area contributed by atoms with Crippen LogP contribution in [-0.2, 0) is 0 Å². The molecule has 2 aromatic rings. The maximum Gasteiger partial charge on any atom is 0.191 e. The largest absolute Gasteiger partial charge is 0.497 e. The molecule has 0 saturated carbocycles. The number of aliphatic hydroxyl groups is 1. The van der Waals surface area contributed by atoms with E-state index in [-0.39, 0.29) is 6.54 Å². The van der Waals surface area contributed by atoms with E-state index in [0.29, 0.717) is 17.6 Å². The second-order valence-corrected chi connectivity index (χ2v) is 6.14. The van der Waals surface area contributed by atoms with Gasteiger partial charge in [0.05, 0.1) is 19.9 Å². The molecule has 26 heavy (non-hydrogen) atoms. The number of rotatable bonds is 9. The van der Waals surface area contributed by atoms with E-state index in [0.717, 1.165) is 25.3 Å². The van der Waals surface area contributed by atoms with Gasteiger partial charge >= 0.3 is 0 Å². The quantitative estimate of drug-likeness (QED) is 0.474. The van der Waals surface area contributed by atoms with Gasteiger partial charge < -0.3 is 24.9 Å². The molecule has 0 fully saturated rings. The summed E-state index contributed by atoms with van der Waals surface area (Å²) in [6.07, 6.45) is 1.78. The number of ether oxygens (including phenoxy) is 1. The van der Waals surface area contributed by atoms with Crippen LogP contribution in [0.3, 0.4) is 0 Å². The predicted octanol–water partition coefficient (Wildman–Crippen LogP) is 3.07. The van der Waals surface area contributed by atoms with Crippen molar-refractivity contribution in [3.8, 4) is 5.75 Å². The molecule has 6 heteroatoms. The average molecular weight is 359 g/mol. The van der Waals surface area contributed by atoms with Crippen LogP contribution in [0.15, 0.2) is 52.1 Å². The average Bonchev–Trinajstić information content (AvgIpc) is 3.20. The molecule has 1 aromatic carbocycles. The smallest absolute Gasteiger partial charge is 0.191 e. The first kappa shape index (κ1) is 19.8. The van der Waals surface area contributed by atoms with Gasteiger partial charge in [-0.2, -0.15) is 0 Å². The van der Waals surface area contributed by atoms with E-state index >= 15 is 0 Å². The standard InChI is InChI=1S/C20H29N3O3/c1-4-21-20(23-14-18(24)19-6-5-13-26-19)22-12-11-15(2)16-7-9-17(25-3)10-8-16/h5-10,13,15,18,24H,4,11-12,14H2,1-3H3,(H2,21,22,23). The fourth-order valence-corrected chi connectivity index (χ4v) is 2.60. The van der Waals surface area contributed by atoms with Crippen molar-refractivity contribution >= 4 is 5.96 Å². The Hall–Kier alpha value is -2.47. The molecule has 0 aliphatic rings. The SMILES string of the molecule is CCNC(=NCC(O)c1ccco1)NCCC(C)c1ccc(OC)cc1. The molecule has 0 amide bonds. The third-order valence-electron chi connectivity index (χ3n) is 4.19. The molecule has 6 nitrogen and oxygen atoms in total. The van der Waals surface area contributed by atoms with Crippen LogP contribution < -0.4 is 15.4 Å². The second-order valence-electron chi connectivity index (χ2n) is 6.14. The van der Waals surface area contributed by atoms with Crippen molar-refractivity contribution in [3.63, 3.8) is 0 Å². The van der Waals surface area contributed by atoms with Gasteiger partial charge in [-0.25, -0.2) is 0 Å². The number of benzene rings is 1. The van der Waals surface area contributed by atoms with Crippen LogP contribution >= 0.6 is 0 Å². The van der Waals surface area contributed by atoms with Crippen LogP contribution in [0, 0.1) is 0 Å². The molecule has 3 N–H and O–H groups in total. The van der Waals surface area contributed by atoms with Crippen LogP contribution in [-0.4, -0.2) is 37.8 Å². The minimum Gasteiger partial charge on any atom is -0.497 e. The summed E-state index contributed by atoms with van der Waals surface area (Å²) >= 11 is 0. The lowest BCUT2D eigenvalue weighted by Gasteiger charge is -2.16. The monoisotopic (exact) mass is 359 g/mol. The zero-order chi connectivity index (χ0) is 18.8. The lowest BCUT2D eigenvalue weighted by Crippen LogP contribution is -2.38. The lowest BCUT2D eigenvalue weighted by molar-refractivity contribution is 0.158. The number of furan rings is 1. The number of hydrogen-bond donors (Lipinski definition) is 3. The van der Waals surface area contributed by atoms with Crippen LogP contribution in [0.25, 0.3) is 0 Å². The van der Waals surface area contributed by atoms with Crippen LogP contribution in [0.4, 0.5) is 0 Å². The Labute approximate surface area is 155 Å². The first-order valence-electron chi connectivity index (χ1n) is 9.01. The number of nitrogens with zero attached hydrogens (tertiary/aromatic N) is 1. The van der Waals surface area contributed by atoms with Crippen LogP contribution in [0.5, 0.6) is 5.75 Å². The van der Waals surface area contributed by atoms with Crippen LogP contribution in [0.2, 0.25) is 0 Å². The molecule has 0 spiro atoms. The number of aliphatic imine (C=N–C) groups is 1. The Morgan fingerprint density at radius 2 is 2.00 bits per heavy atom. The van der Waals surface area contributed by atoms with Crippen molar-refractivity contribution in [1.29, 1.82) is 0 Å². The first-order valence-corrected chi connectivity index (χ1v) is 9.01. The fraction of sp³-hybridized carbons (Fsp3) is 0.450. The second kappa shape index (κ2) is 10.5. The molecular formula is C20H29N3O3. The van der Waals surface area contributed by atoms with Gasteiger partial charge in [-0.05, 0) is 49.1 Å². The van der Waals surface area contributed by atoms with Gasteiger partial charge in [-0.15, -0.1) is 0 Å². The van der Waals surface area contributed by atoms with Crippen molar-refractivity contribution in [3.05, 3.63) is 54.0 Å². The Morgan fingerprint density at radius 3 is 2.62 bits per heavy atom. The van der Waals surface area contributed by atoms with Crippen molar-refractivity contribution in [2.45, 2.75) is 32.3 Å². The van der Waals surface area contributed by atoms with E-state index < -0.39 is 6.10 Å². The zero-order valence-corrected chi connectivity index (χ0v) is 15.7. The highest BCUT2D eigenvalue weighted by Gasteiger charge is 2.10. The van der Waals surface area contributed by atoms with Crippen molar-refractivity contribution < 1.29 is 14.3 Å². The van der Waals surface area contributed by atoms with Gasteiger partial charge in [0, 0.05) is 13.1 Å². The maximum absolute atomic E-state index is 10.1. The van der Waals surface area contributed by atoms with E-state index in [2.05, 4.69) is 34.7 Å². The topological polar surface area (TPSA) is 79.0 Å². The molecule has 1 aromatic heterocycles. The minimum absolute atomic E-state index is 0.247. The van der Waals surface area contributed by atoms with Gasteiger partial charge in [0.2, 0.25) is 0 Å². The molecule has 1 heterocycles. The number of hydrogen-bond acceptors (Lipinski definition) is 4. The Balaban J connectivity index is 1.82. The highest BCUT2D eigenvalue weighted by Crippen LogP contribution is 2.21. The van der Waals surface area contributed by atoms with Gasteiger partial charge in [-0.3, -0.25) is 4.99 Å². The molecule has 0 aliphatic carbocycles. The van der Waals surface area contributed by atoms with E-state index in [1.807, 2.05) is 19.1 Å². The van der Waals surface area contributed by atoms with Gasteiger partial charge in [0.15, 0.2) is 5.96 Å². The fourth-order valence-electron chi connectivity index (χ4n) is 2.60. The number of nitrogens with one attached hydrogen (secondary N) is 2. The first-order chi connectivity index (χ1) is 12.6. The van der Waals surface area contributed by atoms with Crippen LogP contribution in [0.1, 0.15) is 43.6 Å². The summed E-state index contributed by atoms with van der Waals surface area (Å²) in [7, 11) is 1.67. The zero-order valence-electron chi connectivity index (χ0n) is 15.7. The Bertz CT molecular complexity index is 653. The summed E-state index contributed by atoms with van der Waals surface area (Å²) in [5.41, 5.74) is 1.28. The summed E-state index contributed by atoms with van der Waals surface area (Å²) in [5, 5.41) is 16.6. The Kier molecular flexibility index (Phi) is 8.02. The lowest BCUT2D eigenvalue weighted by atomic mass is 9.98. The summed E-state index contributed by atoms with van der Waals surface area (Å²) in [6, 6.07) is 11.7. The molecule has 0 saturated heterocycles. The van der Waals surface area contributed by atoms with E-state index in [1.54, 1.807) is 25.5 Å². The van der Waals surface area contributed by atoms with Gasteiger partial charge in [0.25, 0.3) is 0 Å². The summed E-state index contributed by atoms with van der Waals surface area (Å²) < 4.78 is 10.4. The molecule has 2 unspecified atom stereocenters. The van der Waals surface area contributed by atoms with Crippen molar-refractivity contribution in [1.82, 2.24) is 10.6 Å². The molecule has 0 aliphatic heterocycles. The van der Waals surface area contributed by atoms with Crippen molar-refractivity contribution in [2.75, 3.05) is 26.7 Å². The van der Waals surface area contributed by atoms with Gasteiger partial charge in [-0.1, -0.05) is 19.1 Å². The summed E-state index contributed by atoms with van der Waals surface area (Å²) in [4.78, 5) is 4.43. The van der Waals surface area contributed by atoms with Crippen molar-refractivity contribution in [2.24, 2.45) is 4.99 Å². The molecule has 2 atom stereocenters. The highest BCUT2D eigenvalue weighted by atomic mass is 16.5. The number of aliphatic hydroxyl groups excluding tert-OH is 1. The number of guanidine groups is 1. The van der Waals surface area contributed by atoms with E-state index in [1.165, 1.54) is 5.56 Å². The summed E-state index contributed by atoms with van der Waals surface area (Å²) in [5.74, 6) is 2.51. The highest BCUT2D eigenvalue weighted by molar-refractivity contribution is 5.79. The van der Waals surface area contributed by atoms with E-state index in [4.69, 9.17) is 9.15 Å². The predicted molar refractivity (Wildman–Crippen MR) is 104 cm³/mol. The third kappa shape index (κ3) is 6.11. The molecule has 0 radical (unpaired) electrons. The van der Waals surface area contributed by atoms with Gasteiger partial charge in [0.1, 0.15) is 17.6 Å². The normalized spacial score (nSPS) is 13.9. The number of methoxy groups -OCH3 is 1. The Morgan fingerprint density at radius 1 is 1.23 bits per heavy atom. The summed E-state index contributed by atoms with van der Waals surface area (Å²) in [6.45, 7) is 6.01. The maximum atomic E-state index is 10.1. The van der Waals surface area contributed by atoms with E-state index in [9.17, 15) is 5.11 Å². The molecule has 0 bridgehead atoms. The third-order valence-corrected chi connectivity index (χ3v) is 4.19. The molecule has 142 valence electrons. The minimum atomic E-state index is -0.737. The molecule has 2 rings (SSSR count). The molecular weight excluding hydrogens is 330 g/mol.